The molecule has 2 aromatic rings. The van der Waals surface area contributed by atoms with E-state index in [2.05, 4.69) is 0 Å². The van der Waals surface area contributed by atoms with Gasteiger partial charge in [0.1, 0.15) is 5.75 Å². The van der Waals surface area contributed by atoms with E-state index in [1.54, 1.807) is 54.3 Å². The van der Waals surface area contributed by atoms with Crippen LogP contribution in [0.1, 0.15) is 29.3 Å². The third-order valence-electron chi connectivity index (χ3n) is 5.26. The van der Waals surface area contributed by atoms with E-state index in [0.717, 1.165) is 0 Å². The molecule has 9 heteroatoms. The van der Waals surface area contributed by atoms with Gasteiger partial charge in [0.25, 0.3) is 16.0 Å². The van der Waals surface area contributed by atoms with Crippen LogP contribution in [-0.2, 0) is 19.7 Å². The largest absolute Gasteiger partial charge is 0.496 e. The Balaban J connectivity index is 1.98. The molecule has 30 heavy (non-hydrogen) atoms. The lowest BCUT2D eigenvalue weighted by atomic mass is 9.81. The highest BCUT2D eigenvalue weighted by Crippen LogP contribution is 2.39. The number of amides is 1. The lowest BCUT2D eigenvalue weighted by Gasteiger charge is -2.30. The fraction of sp³-hybridized carbons (Fsp3) is 0.381. The normalized spacial score (nSPS) is 19.1. The molecule has 2 aromatic carbocycles. The fourth-order valence-electron chi connectivity index (χ4n) is 3.86. The van der Waals surface area contributed by atoms with Crippen LogP contribution in [0.3, 0.4) is 0 Å². The number of carbonyl (C=O) groups is 1. The van der Waals surface area contributed by atoms with Crippen LogP contribution >= 0.6 is 23.2 Å². The van der Waals surface area contributed by atoms with Gasteiger partial charge >= 0.3 is 0 Å². The summed E-state index contributed by atoms with van der Waals surface area (Å²) in [7, 11) is -2.31. The van der Waals surface area contributed by atoms with E-state index >= 15 is 0 Å². The maximum atomic E-state index is 13.2. The van der Waals surface area contributed by atoms with E-state index in [4.69, 9.17) is 32.1 Å². The Morgan fingerprint density at radius 2 is 1.90 bits per heavy atom. The van der Waals surface area contributed by atoms with E-state index in [1.807, 2.05) is 0 Å². The molecule has 1 saturated heterocycles. The first-order chi connectivity index (χ1) is 14.2. The minimum Gasteiger partial charge on any atom is -0.496 e. The number of ether oxygens (including phenoxy) is 1. The van der Waals surface area contributed by atoms with Crippen molar-refractivity contribution in [2.75, 3.05) is 32.6 Å². The summed E-state index contributed by atoms with van der Waals surface area (Å²) in [6.45, 7) is 2.26. The van der Waals surface area contributed by atoms with Crippen LogP contribution in [0, 0.1) is 0 Å². The van der Waals surface area contributed by atoms with Crippen molar-refractivity contribution >= 4 is 39.2 Å². The second-order valence-electron chi connectivity index (χ2n) is 7.19. The fourth-order valence-corrected chi connectivity index (χ4v) is 5.68. The average molecular weight is 472 g/mol. The molecule has 6 nitrogen and oxygen atoms in total. The summed E-state index contributed by atoms with van der Waals surface area (Å²) in [6, 6.07) is 12.0. The molecular weight excluding hydrogens is 449 g/mol. The van der Waals surface area contributed by atoms with E-state index in [0.29, 0.717) is 39.9 Å². The number of rotatable bonds is 7. The van der Waals surface area contributed by atoms with Crippen molar-refractivity contribution in [3.63, 3.8) is 0 Å². The quantitative estimate of drug-likeness (QED) is 0.566. The highest BCUT2D eigenvalue weighted by atomic mass is 35.5. The van der Waals surface area contributed by atoms with Crippen molar-refractivity contribution in [3.8, 4) is 5.75 Å². The van der Waals surface area contributed by atoms with Crippen LogP contribution in [0.15, 0.2) is 42.5 Å². The highest BCUT2D eigenvalue weighted by Gasteiger charge is 2.45. The molecule has 1 aliphatic rings. The molecule has 1 fully saturated rings. The lowest BCUT2D eigenvalue weighted by Crippen LogP contribution is -2.40. The number of benzene rings is 2. The molecule has 0 N–H and O–H groups in total. The first-order valence-electron chi connectivity index (χ1n) is 9.46. The highest BCUT2D eigenvalue weighted by molar-refractivity contribution is 7.86. The topological polar surface area (TPSA) is 72.9 Å². The standard InChI is InChI=1S/C21H23Cl2NO5S/c1-3-29-30(26,27)14-21(15-8-9-17(22)18(23)12-15)10-11-24(13-21)20(25)16-6-4-5-7-19(16)28-2/h4-9,12H,3,10-11,13-14H2,1-2H3. The molecule has 1 heterocycles. The number of nitrogens with zero attached hydrogens (tertiary/aromatic N) is 1. The summed E-state index contributed by atoms with van der Waals surface area (Å²) in [5, 5.41) is 0.708. The number of hydrogen-bond acceptors (Lipinski definition) is 5. The number of likely N-dealkylation sites (tertiary alicyclic amines) is 1. The van der Waals surface area contributed by atoms with E-state index in [-0.39, 0.29) is 24.8 Å². The summed E-state index contributed by atoms with van der Waals surface area (Å²) >= 11 is 12.3. The molecule has 1 amide bonds. The summed E-state index contributed by atoms with van der Waals surface area (Å²) < 4.78 is 35.4. The van der Waals surface area contributed by atoms with E-state index in [1.165, 1.54) is 7.11 Å². The Morgan fingerprint density at radius 1 is 1.17 bits per heavy atom. The molecule has 0 spiro atoms. The van der Waals surface area contributed by atoms with Gasteiger partial charge in [-0.1, -0.05) is 41.4 Å². The zero-order valence-corrected chi connectivity index (χ0v) is 19.1. The molecular formula is C21H23Cl2NO5S. The van der Waals surface area contributed by atoms with Crippen LogP contribution < -0.4 is 4.74 Å². The maximum Gasteiger partial charge on any atom is 0.268 e. The minimum atomic E-state index is -3.81. The van der Waals surface area contributed by atoms with Gasteiger partial charge in [0.05, 0.1) is 35.1 Å². The second-order valence-corrected chi connectivity index (χ2v) is 9.65. The monoisotopic (exact) mass is 471 g/mol. The number of carbonyl (C=O) groups excluding carboxylic acids is 1. The van der Waals surface area contributed by atoms with Gasteiger partial charge in [-0.3, -0.25) is 8.98 Å². The van der Waals surface area contributed by atoms with Crippen molar-refractivity contribution in [3.05, 3.63) is 63.6 Å². The lowest BCUT2D eigenvalue weighted by molar-refractivity contribution is 0.0781. The zero-order chi connectivity index (χ0) is 21.9. The molecule has 0 aromatic heterocycles. The van der Waals surface area contributed by atoms with Gasteiger partial charge in [0.2, 0.25) is 0 Å². The molecule has 162 valence electrons. The van der Waals surface area contributed by atoms with Crippen molar-refractivity contribution < 1.29 is 22.1 Å². The van der Waals surface area contributed by atoms with Gasteiger partial charge in [0.15, 0.2) is 0 Å². The third kappa shape index (κ3) is 4.75. The molecule has 0 bridgehead atoms. The third-order valence-corrected chi connectivity index (χ3v) is 7.50. The van der Waals surface area contributed by atoms with Gasteiger partial charge in [0, 0.05) is 18.5 Å². The van der Waals surface area contributed by atoms with Crippen LogP contribution in [0.25, 0.3) is 0 Å². The Hall–Kier alpha value is -1.80. The van der Waals surface area contributed by atoms with Gasteiger partial charge in [-0.15, -0.1) is 0 Å². The zero-order valence-electron chi connectivity index (χ0n) is 16.7. The van der Waals surface area contributed by atoms with Crippen molar-refractivity contribution in [1.29, 1.82) is 0 Å². The van der Waals surface area contributed by atoms with Crippen molar-refractivity contribution in [1.82, 2.24) is 4.90 Å². The second kappa shape index (κ2) is 9.14. The summed E-state index contributed by atoms with van der Waals surface area (Å²) in [4.78, 5) is 14.8. The Bertz CT molecular complexity index is 1040. The summed E-state index contributed by atoms with van der Waals surface area (Å²) in [6.07, 6.45) is 0.443. The summed E-state index contributed by atoms with van der Waals surface area (Å²) in [5.41, 5.74) is 0.271. The molecule has 0 saturated carbocycles. The van der Waals surface area contributed by atoms with Crippen LogP contribution in [-0.4, -0.2) is 51.8 Å². The first-order valence-corrected chi connectivity index (χ1v) is 11.8. The van der Waals surface area contributed by atoms with Crippen molar-refractivity contribution in [2.24, 2.45) is 0 Å². The van der Waals surface area contributed by atoms with Gasteiger partial charge in [-0.05, 0) is 43.2 Å². The Labute approximate surface area is 186 Å². The van der Waals surface area contributed by atoms with Crippen LogP contribution in [0.4, 0.5) is 0 Å². The van der Waals surface area contributed by atoms with E-state index in [9.17, 15) is 13.2 Å². The molecule has 1 aliphatic heterocycles. The molecule has 0 radical (unpaired) electrons. The minimum absolute atomic E-state index is 0.0453. The van der Waals surface area contributed by atoms with Gasteiger partial charge in [-0.2, -0.15) is 8.42 Å². The van der Waals surface area contributed by atoms with Crippen LogP contribution in [0.5, 0.6) is 5.75 Å². The summed E-state index contributed by atoms with van der Waals surface area (Å²) in [5.74, 6) is -0.0127. The number of halogens is 2. The smallest absolute Gasteiger partial charge is 0.268 e. The number of para-hydroxylation sites is 1. The predicted octanol–water partition coefficient (Wildman–Crippen LogP) is 4.15. The SMILES string of the molecule is CCOS(=O)(=O)CC1(c2ccc(Cl)c(Cl)c2)CCN(C(=O)c2ccccc2OC)C1. The maximum absolute atomic E-state index is 13.2. The Kier molecular flexibility index (Phi) is 6.97. The number of hydrogen-bond donors (Lipinski definition) is 0. The molecule has 0 aliphatic carbocycles. The predicted molar refractivity (Wildman–Crippen MR) is 117 cm³/mol. The van der Waals surface area contributed by atoms with Gasteiger partial charge in [-0.25, -0.2) is 0 Å². The Morgan fingerprint density at radius 3 is 2.57 bits per heavy atom. The first kappa shape index (κ1) is 22.9. The molecule has 1 unspecified atom stereocenters. The van der Waals surface area contributed by atoms with Crippen LogP contribution in [0.2, 0.25) is 10.0 Å². The van der Waals surface area contributed by atoms with Crippen molar-refractivity contribution in [2.45, 2.75) is 18.8 Å². The number of methoxy groups -OCH3 is 1. The molecule has 1 atom stereocenters. The average Bonchev–Trinajstić information content (AvgIpc) is 3.13. The van der Waals surface area contributed by atoms with Gasteiger partial charge < -0.3 is 9.64 Å². The van der Waals surface area contributed by atoms with E-state index < -0.39 is 15.5 Å². The molecule has 3 rings (SSSR count).